The predicted molar refractivity (Wildman–Crippen MR) is 156 cm³/mol. The van der Waals surface area contributed by atoms with E-state index < -0.39 is 14.0 Å². The number of hydrogen-bond donors (Lipinski definition) is 0. The molecule has 0 saturated heterocycles. The van der Waals surface area contributed by atoms with Crippen LogP contribution in [0, 0.1) is 5.92 Å². The molecule has 3 nitrogen and oxygen atoms in total. The third-order valence-electron chi connectivity index (χ3n) is 8.33. The minimum absolute atomic E-state index is 0.324. The van der Waals surface area contributed by atoms with Crippen molar-refractivity contribution in [2.45, 2.75) is 137 Å². The van der Waals surface area contributed by atoms with E-state index in [0.29, 0.717) is 24.2 Å². The van der Waals surface area contributed by atoms with E-state index in [1.54, 1.807) is 0 Å². The molecule has 0 amide bonds. The van der Waals surface area contributed by atoms with Crippen molar-refractivity contribution in [1.29, 1.82) is 0 Å². The van der Waals surface area contributed by atoms with Crippen molar-refractivity contribution in [2.75, 3.05) is 19.8 Å². The standard InChI is InChI=1S/C31H59NO2Si/c1-10-13-14-15-16-20-24-29(31(7,33-11-2)34-12-3)25-21-26-32(35(8,9)30(4,5)6)27-28-22-18-17-19-23-28/h17-19,22-23,29H,10-16,20-21,24-27H2,1-9H3. The molecule has 0 aliphatic carbocycles. The largest absolute Gasteiger partial charge is 0.350 e. The molecule has 4 heteroatoms. The Kier molecular flexibility index (Phi) is 15.0. The van der Waals surface area contributed by atoms with Crippen molar-refractivity contribution in [3.63, 3.8) is 0 Å². The van der Waals surface area contributed by atoms with Gasteiger partial charge in [0, 0.05) is 25.7 Å². The van der Waals surface area contributed by atoms with Crippen molar-refractivity contribution in [3.8, 4) is 0 Å². The SMILES string of the molecule is CCCCCCCCC(CCCN(Cc1ccccc1)[Si](C)(C)C(C)(C)C)C(C)(OCC)OCC. The third kappa shape index (κ3) is 11.1. The van der Waals surface area contributed by atoms with Gasteiger partial charge >= 0.3 is 0 Å². The molecule has 0 spiro atoms. The first-order valence-corrected chi connectivity index (χ1v) is 17.5. The van der Waals surface area contributed by atoms with Crippen molar-refractivity contribution in [3.05, 3.63) is 35.9 Å². The topological polar surface area (TPSA) is 21.7 Å². The minimum atomic E-state index is -1.64. The molecule has 1 aromatic rings. The van der Waals surface area contributed by atoms with Crippen molar-refractivity contribution < 1.29 is 9.47 Å². The average molecular weight is 506 g/mol. The van der Waals surface area contributed by atoms with Crippen LogP contribution in [0.3, 0.4) is 0 Å². The van der Waals surface area contributed by atoms with E-state index in [4.69, 9.17) is 9.47 Å². The summed E-state index contributed by atoms with van der Waals surface area (Å²) in [6, 6.07) is 11.0. The molecule has 0 heterocycles. The first kappa shape index (κ1) is 32.3. The quantitative estimate of drug-likeness (QED) is 0.106. The molecule has 1 atom stereocenters. The molecule has 0 N–H and O–H groups in total. The molecular weight excluding hydrogens is 446 g/mol. The lowest BCUT2D eigenvalue weighted by Gasteiger charge is -2.46. The van der Waals surface area contributed by atoms with Crippen molar-refractivity contribution in [1.82, 2.24) is 4.57 Å². The second-order valence-corrected chi connectivity index (χ2v) is 17.2. The van der Waals surface area contributed by atoms with Gasteiger partial charge in [-0.15, -0.1) is 0 Å². The molecule has 0 aliphatic heterocycles. The molecule has 0 aliphatic rings. The van der Waals surface area contributed by atoms with E-state index >= 15 is 0 Å². The van der Waals surface area contributed by atoms with Gasteiger partial charge in [-0.2, -0.15) is 0 Å². The van der Waals surface area contributed by atoms with Crippen LogP contribution >= 0.6 is 0 Å². The van der Waals surface area contributed by atoms with Gasteiger partial charge in [0.25, 0.3) is 0 Å². The Labute approximate surface area is 220 Å². The lowest BCUT2D eigenvalue weighted by atomic mass is 9.88. The van der Waals surface area contributed by atoms with Gasteiger partial charge in [0.2, 0.25) is 0 Å². The Balaban J connectivity index is 2.92. The smallest absolute Gasteiger partial charge is 0.168 e. The number of hydrogen-bond acceptors (Lipinski definition) is 3. The zero-order valence-electron chi connectivity index (χ0n) is 24.9. The zero-order valence-corrected chi connectivity index (χ0v) is 25.9. The van der Waals surface area contributed by atoms with E-state index in [1.807, 2.05) is 0 Å². The molecule has 0 bridgehead atoms. The van der Waals surface area contributed by atoms with Gasteiger partial charge in [0.05, 0.1) is 0 Å². The Bertz CT molecular complexity index is 650. The molecule has 35 heavy (non-hydrogen) atoms. The molecule has 1 rings (SSSR count). The highest BCUT2D eigenvalue weighted by molar-refractivity contribution is 6.77. The molecule has 204 valence electrons. The first-order chi connectivity index (χ1) is 16.5. The predicted octanol–water partition coefficient (Wildman–Crippen LogP) is 9.43. The summed E-state index contributed by atoms with van der Waals surface area (Å²) in [6.45, 7) is 24.7. The van der Waals surface area contributed by atoms with Gasteiger partial charge in [0.15, 0.2) is 5.79 Å². The van der Waals surface area contributed by atoms with Crippen LogP contribution in [0.25, 0.3) is 0 Å². The van der Waals surface area contributed by atoms with Crippen LogP contribution in [0.15, 0.2) is 30.3 Å². The summed E-state index contributed by atoms with van der Waals surface area (Å²) < 4.78 is 15.4. The maximum absolute atomic E-state index is 6.28. The number of nitrogens with zero attached hydrogens (tertiary/aromatic N) is 1. The summed E-state index contributed by atoms with van der Waals surface area (Å²) in [5, 5.41) is 0.324. The minimum Gasteiger partial charge on any atom is -0.350 e. The van der Waals surface area contributed by atoms with Gasteiger partial charge < -0.3 is 14.0 Å². The second-order valence-electron chi connectivity index (χ2n) is 12.0. The van der Waals surface area contributed by atoms with Gasteiger partial charge in [-0.1, -0.05) is 110 Å². The number of rotatable bonds is 19. The number of benzene rings is 1. The van der Waals surface area contributed by atoms with E-state index in [1.165, 1.54) is 56.9 Å². The maximum Gasteiger partial charge on any atom is 0.168 e. The van der Waals surface area contributed by atoms with Crippen LogP contribution in [-0.4, -0.2) is 38.3 Å². The molecule has 1 unspecified atom stereocenters. The van der Waals surface area contributed by atoms with Gasteiger partial charge in [-0.3, -0.25) is 0 Å². The Morgan fingerprint density at radius 3 is 1.86 bits per heavy atom. The Morgan fingerprint density at radius 2 is 1.31 bits per heavy atom. The summed E-state index contributed by atoms with van der Waals surface area (Å²) in [5.74, 6) is -0.0414. The van der Waals surface area contributed by atoms with E-state index in [-0.39, 0.29) is 0 Å². The molecular formula is C31H59NO2Si. The zero-order chi connectivity index (χ0) is 26.4. The number of ether oxygens (including phenoxy) is 2. The average Bonchev–Trinajstić information content (AvgIpc) is 2.79. The maximum atomic E-state index is 6.28. The Hall–Kier alpha value is -0.683. The molecule has 0 fully saturated rings. The summed E-state index contributed by atoms with van der Waals surface area (Å²) in [6.07, 6.45) is 11.6. The number of unbranched alkanes of at least 4 members (excludes halogenated alkanes) is 5. The summed E-state index contributed by atoms with van der Waals surface area (Å²) in [4.78, 5) is 0. The van der Waals surface area contributed by atoms with Crippen LogP contribution in [0.2, 0.25) is 18.1 Å². The van der Waals surface area contributed by atoms with Gasteiger partial charge in [-0.25, -0.2) is 0 Å². The van der Waals surface area contributed by atoms with Crippen molar-refractivity contribution in [2.24, 2.45) is 5.92 Å². The fourth-order valence-corrected chi connectivity index (χ4v) is 7.30. The van der Waals surface area contributed by atoms with Crippen LogP contribution in [-0.2, 0) is 16.0 Å². The van der Waals surface area contributed by atoms with Crippen LogP contribution in [0.5, 0.6) is 0 Å². The Morgan fingerprint density at radius 1 is 0.771 bits per heavy atom. The second kappa shape index (κ2) is 16.2. The van der Waals surface area contributed by atoms with Crippen LogP contribution in [0.1, 0.15) is 112 Å². The highest BCUT2D eigenvalue weighted by Gasteiger charge is 2.41. The fraction of sp³-hybridized carbons (Fsp3) is 0.806. The molecule has 0 saturated carbocycles. The lowest BCUT2D eigenvalue weighted by Crippen LogP contribution is -2.55. The third-order valence-corrected chi connectivity index (χ3v) is 14.0. The van der Waals surface area contributed by atoms with Crippen LogP contribution < -0.4 is 0 Å². The van der Waals surface area contributed by atoms with Crippen LogP contribution in [0.4, 0.5) is 0 Å². The summed E-state index contributed by atoms with van der Waals surface area (Å²) in [5.41, 5.74) is 1.43. The van der Waals surface area contributed by atoms with E-state index in [0.717, 1.165) is 19.5 Å². The molecule has 1 aromatic carbocycles. The summed E-state index contributed by atoms with van der Waals surface area (Å²) in [7, 11) is -1.64. The highest BCUT2D eigenvalue weighted by atomic mass is 28.3. The van der Waals surface area contributed by atoms with Gasteiger partial charge in [-0.05, 0) is 57.2 Å². The normalized spacial score (nSPS) is 14.0. The molecule has 0 aromatic heterocycles. The van der Waals surface area contributed by atoms with E-state index in [2.05, 4.69) is 96.5 Å². The lowest BCUT2D eigenvalue weighted by molar-refractivity contribution is -0.254. The highest BCUT2D eigenvalue weighted by Crippen LogP contribution is 2.40. The van der Waals surface area contributed by atoms with E-state index in [9.17, 15) is 0 Å². The summed E-state index contributed by atoms with van der Waals surface area (Å²) >= 11 is 0. The molecule has 0 radical (unpaired) electrons. The first-order valence-electron chi connectivity index (χ1n) is 14.6. The van der Waals surface area contributed by atoms with Gasteiger partial charge in [0.1, 0.15) is 8.24 Å². The monoisotopic (exact) mass is 505 g/mol. The fourth-order valence-electron chi connectivity index (χ4n) is 5.05. The van der Waals surface area contributed by atoms with Crippen molar-refractivity contribution >= 4 is 8.24 Å².